The zero-order valence-electron chi connectivity index (χ0n) is 14.6. The van der Waals surface area contributed by atoms with Crippen LogP contribution in [-0.2, 0) is 5.75 Å². The number of aliphatic hydroxyl groups is 3. The summed E-state index contributed by atoms with van der Waals surface area (Å²) in [6, 6.07) is 8.10. The molecule has 0 aliphatic carbocycles. The number of benzene rings is 1. The molecule has 24 heavy (non-hydrogen) atoms. The molecule has 6 heteroatoms. The lowest BCUT2D eigenvalue weighted by atomic mass is 10.2. The third-order valence-corrected chi connectivity index (χ3v) is 4.73. The number of nitrogens with zero attached hydrogens (tertiary/aromatic N) is 1. The normalized spacial score (nSPS) is 12.5. The van der Waals surface area contributed by atoms with Gasteiger partial charge in [-0.2, -0.15) is 11.8 Å². The monoisotopic (exact) mass is 357 g/mol. The van der Waals surface area contributed by atoms with E-state index in [0.717, 1.165) is 31.0 Å². The molecular formula is C18H31NO4S. The summed E-state index contributed by atoms with van der Waals surface area (Å²) in [5.41, 5.74) is 1.21. The number of ether oxygens (including phenoxy) is 1. The number of aliphatic hydroxyl groups excluding tert-OH is 3. The van der Waals surface area contributed by atoms with E-state index in [1.807, 2.05) is 17.0 Å². The summed E-state index contributed by atoms with van der Waals surface area (Å²) >= 11 is 1.68. The molecular weight excluding hydrogens is 326 g/mol. The van der Waals surface area contributed by atoms with Gasteiger partial charge in [0.2, 0.25) is 0 Å². The highest BCUT2D eigenvalue weighted by atomic mass is 32.2. The Balaban J connectivity index is 2.25. The minimum Gasteiger partial charge on any atom is -0.494 e. The summed E-state index contributed by atoms with van der Waals surface area (Å²) < 4.78 is 5.64. The maximum atomic E-state index is 10.1. The van der Waals surface area contributed by atoms with Crippen LogP contribution in [0.1, 0.15) is 25.3 Å². The molecule has 0 aliphatic rings. The van der Waals surface area contributed by atoms with Gasteiger partial charge in [-0.1, -0.05) is 25.5 Å². The number of unbranched alkanes of at least 4 members (excludes halogenated alkanes) is 1. The molecule has 1 unspecified atom stereocenters. The van der Waals surface area contributed by atoms with Crippen LogP contribution in [0, 0.1) is 0 Å². The highest BCUT2D eigenvalue weighted by molar-refractivity contribution is 7.98. The second kappa shape index (κ2) is 13.5. The zero-order valence-corrected chi connectivity index (χ0v) is 15.4. The summed E-state index contributed by atoms with van der Waals surface area (Å²) in [6.45, 7) is 4.39. The number of rotatable bonds is 14. The molecule has 0 saturated heterocycles. The lowest BCUT2D eigenvalue weighted by Crippen LogP contribution is -2.37. The van der Waals surface area contributed by atoms with Crippen molar-refractivity contribution < 1.29 is 20.1 Å². The van der Waals surface area contributed by atoms with Crippen molar-refractivity contribution in [2.75, 3.05) is 45.2 Å². The standard InChI is InChI=1S/C18H31NO4S/c1-2-3-12-23-18-6-4-16(5-7-18)14-24-15-17(22)13-19(8-10-20)9-11-21/h4-7,17,20-22H,2-3,8-15H2,1H3. The predicted octanol–water partition coefficient (Wildman–Crippen LogP) is 1.75. The van der Waals surface area contributed by atoms with Crippen LogP contribution in [0.4, 0.5) is 0 Å². The van der Waals surface area contributed by atoms with Crippen molar-refractivity contribution >= 4 is 11.8 Å². The maximum Gasteiger partial charge on any atom is 0.119 e. The molecule has 5 nitrogen and oxygen atoms in total. The first kappa shape index (κ1) is 21.3. The fourth-order valence-corrected chi connectivity index (χ4v) is 3.18. The van der Waals surface area contributed by atoms with Gasteiger partial charge in [0.1, 0.15) is 5.75 Å². The van der Waals surface area contributed by atoms with Gasteiger partial charge in [0.15, 0.2) is 0 Å². The zero-order chi connectivity index (χ0) is 17.6. The molecule has 0 saturated carbocycles. The van der Waals surface area contributed by atoms with Gasteiger partial charge >= 0.3 is 0 Å². The van der Waals surface area contributed by atoms with E-state index in [0.29, 0.717) is 25.4 Å². The molecule has 138 valence electrons. The largest absolute Gasteiger partial charge is 0.494 e. The molecule has 0 aliphatic heterocycles. The van der Waals surface area contributed by atoms with Crippen molar-refractivity contribution in [2.45, 2.75) is 31.6 Å². The Hall–Kier alpha value is -0.790. The van der Waals surface area contributed by atoms with Crippen molar-refractivity contribution in [1.82, 2.24) is 4.90 Å². The van der Waals surface area contributed by atoms with Gasteiger partial charge in [-0.25, -0.2) is 0 Å². The van der Waals surface area contributed by atoms with Crippen molar-refractivity contribution in [3.05, 3.63) is 29.8 Å². The molecule has 0 spiro atoms. The smallest absolute Gasteiger partial charge is 0.119 e. The Morgan fingerprint density at radius 1 is 1.12 bits per heavy atom. The Morgan fingerprint density at radius 3 is 2.38 bits per heavy atom. The lowest BCUT2D eigenvalue weighted by Gasteiger charge is -2.23. The van der Waals surface area contributed by atoms with Crippen molar-refractivity contribution in [3.63, 3.8) is 0 Å². The van der Waals surface area contributed by atoms with Crippen LogP contribution >= 0.6 is 11.8 Å². The second-order valence-electron chi connectivity index (χ2n) is 5.76. The van der Waals surface area contributed by atoms with E-state index in [1.165, 1.54) is 5.56 Å². The van der Waals surface area contributed by atoms with Crippen LogP contribution in [0.5, 0.6) is 5.75 Å². The average Bonchev–Trinajstić information content (AvgIpc) is 2.57. The van der Waals surface area contributed by atoms with Crippen LogP contribution < -0.4 is 4.74 Å². The maximum absolute atomic E-state index is 10.1. The van der Waals surface area contributed by atoms with Gasteiger partial charge < -0.3 is 20.1 Å². The van der Waals surface area contributed by atoms with Crippen molar-refractivity contribution in [3.8, 4) is 5.75 Å². The van der Waals surface area contributed by atoms with Gasteiger partial charge in [0.05, 0.1) is 25.9 Å². The van der Waals surface area contributed by atoms with Gasteiger partial charge in [-0.15, -0.1) is 0 Å². The molecule has 1 aromatic carbocycles. The Morgan fingerprint density at radius 2 is 1.79 bits per heavy atom. The molecule has 0 fully saturated rings. The first-order valence-electron chi connectivity index (χ1n) is 8.61. The minimum absolute atomic E-state index is 0.0343. The van der Waals surface area contributed by atoms with Crippen molar-refractivity contribution in [1.29, 1.82) is 0 Å². The Labute approximate surface area is 149 Å². The molecule has 0 amide bonds. The van der Waals surface area contributed by atoms with Crippen LogP contribution in [-0.4, -0.2) is 71.5 Å². The summed E-state index contributed by atoms with van der Waals surface area (Å²) in [6.07, 6.45) is 1.73. The van der Waals surface area contributed by atoms with Gasteiger partial charge in [0.25, 0.3) is 0 Å². The molecule has 0 radical (unpaired) electrons. The number of hydrogen-bond donors (Lipinski definition) is 3. The number of thioether (sulfide) groups is 1. The minimum atomic E-state index is -0.468. The summed E-state index contributed by atoms with van der Waals surface area (Å²) in [5, 5.41) is 28.0. The fourth-order valence-electron chi connectivity index (χ4n) is 2.26. The van der Waals surface area contributed by atoms with E-state index in [-0.39, 0.29) is 13.2 Å². The van der Waals surface area contributed by atoms with Crippen LogP contribution in [0.3, 0.4) is 0 Å². The predicted molar refractivity (Wildman–Crippen MR) is 99.6 cm³/mol. The first-order valence-corrected chi connectivity index (χ1v) is 9.76. The first-order chi connectivity index (χ1) is 11.7. The molecule has 0 aromatic heterocycles. The Bertz CT molecular complexity index is 410. The second-order valence-corrected chi connectivity index (χ2v) is 6.79. The van der Waals surface area contributed by atoms with Gasteiger partial charge in [-0.3, -0.25) is 4.90 Å². The van der Waals surface area contributed by atoms with Crippen LogP contribution in [0.25, 0.3) is 0 Å². The van der Waals surface area contributed by atoms with E-state index in [1.54, 1.807) is 11.8 Å². The molecule has 0 bridgehead atoms. The third kappa shape index (κ3) is 9.49. The molecule has 1 rings (SSSR count). The quantitative estimate of drug-likeness (QED) is 0.441. The van der Waals surface area contributed by atoms with E-state index in [2.05, 4.69) is 19.1 Å². The SMILES string of the molecule is CCCCOc1ccc(CSCC(O)CN(CCO)CCO)cc1. The molecule has 0 heterocycles. The molecule has 3 N–H and O–H groups in total. The van der Waals surface area contributed by atoms with Gasteiger partial charge in [-0.05, 0) is 24.1 Å². The van der Waals surface area contributed by atoms with E-state index in [4.69, 9.17) is 14.9 Å². The highest BCUT2D eigenvalue weighted by Gasteiger charge is 2.11. The van der Waals surface area contributed by atoms with E-state index < -0.39 is 6.10 Å². The third-order valence-electron chi connectivity index (χ3n) is 3.57. The molecule has 1 aromatic rings. The summed E-state index contributed by atoms with van der Waals surface area (Å²) in [4.78, 5) is 1.87. The van der Waals surface area contributed by atoms with E-state index in [9.17, 15) is 5.11 Å². The summed E-state index contributed by atoms with van der Waals surface area (Å²) in [5.74, 6) is 2.37. The highest BCUT2D eigenvalue weighted by Crippen LogP contribution is 2.18. The summed E-state index contributed by atoms with van der Waals surface area (Å²) in [7, 11) is 0. The fraction of sp³-hybridized carbons (Fsp3) is 0.667. The lowest BCUT2D eigenvalue weighted by molar-refractivity contribution is 0.0994. The average molecular weight is 358 g/mol. The number of hydrogen-bond acceptors (Lipinski definition) is 6. The van der Waals surface area contributed by atoms with E-state index >= 15 is 0 Å². The topological polar surface area (TPSA) is 73.2 Å². The van der Waals surface area contributed by atoms with Crippen LogP contribution in [0.15, 0.2) is 24.3 Å². The van der Waals surface area contributed by atoms with Crippen LogP contribution in [0.2, 0.25) is 0 Å². The van der Waals surface area contributed by atoms with Crippen molar-refractivity contribution in [2.24, 2.45) is 0 Å². The Kier molecular flexibility index (Phi) is 12.0. The molecule has 1 atom stereocenters. The van der Waals surface area contributed by atoms with Gasteiger partial charge in [0, 0.05) is 31.1 Å².